The lowest BCUT2D eigenvalue weighted by atomic mass is 10.2. The van der Waals surface area contributed by atoms with Gasteiger partial charge in [0.2, 0.25) is 5.91 Å². The van der Waals surface area contributed by atoms with Crippen LogP contribution in [-0.2, 0) is 14.8 Å². The number of anilines is 2. The van der Waals surface area contributed by atoms with E-state index in [-0.39, 0.29) is 16.6 Å². The van der Waals surface area contributed by atoms with Crippen LogP contribution in [0.4, 0.5) is 10.8 Å². The lowest BCUT2D eigenvalue weighted by Crippen LogP contribution is -2.14. The van der Waals surface area contributed by atoms with E-state index >= 15 is 0 Å². The number of thioether (sulfide) groups is 1. The van der Waals surface area contributed by atoms with Gasteiger partial charge in [0.1, 0.15) is 0 Å². The third-order valence-corrected chi connectivity index (χ3v) is 7.52. The average molecular weight is 482 g/mol. The molecule has 0 bridgehead atoms. The van der Waals surface area contributed by atoms with Crippen LogP contribution in [-0.4, -0.2) is 25.1 Å². The van der Waals surface area contributed by atoms with E-state index in [0.717, 1.165) is 16.2 Å². The molecule has 2 N–H and O–H groups in total. The van der Waals surface area contributed by atoms with Crippen LogP contribution < -0.4 is 10.0 Å². The fourth-order valence-corrected chi connectivity index (χ4v) is 5.32. The molecule has 0 saturated carbocycles. The van der Waals surface area contributed by atoms with E-state index in [1.807, 2.05) is 35.7 Å². The molecular weight excluding hydrogens is 462 g/mol. The molecule has 9 heteroatoms. The maximum atomic E-state index is 12.4. The highest BCUT2D eigenvalue weighted by Gasteiger charge is 2.13. The summed E-state index contributed by atoms with van der Waals surface area (Å²) in [4.78, 5) is 17.8. The van der Waals surface area contributed by atoms with Crippen molar-refractivity contribution in [3.05, 3.63) is 90.3 Å². The molecule has 0 radical (unpaired) electrons. The second-order valence-electron chi connectivity index (χ2n) is 6.68. The largest absolute Gasteiger partial charge is 0.301 e. The molecule has 0 spiro atoms. The predicted octanol–water partition coefficient (Wildman–Crippen LogP) is 5.34. The van der Waals surface area contributed by atoms with Gasteiger partial charge in [0.05, 0.1) is 16.3 Å². The number of hydrogen-bond acceptors (Lipinski definition) is 6. The summed E-state index contributed by atoms with van der Waals surface area (Å²) in [6.07, 6.45) is 0. The van der Waals surface area contributed by atoms with Crippen molar-refractivity contribution in [1.29, 1.82) is 0 Å². The van der Waals surface area contributed by atoms with Crippen LogP contribution >= 0.6 is 23.1 Å². The molecule has 162 valence electrons. The fraction of sp³-hybridized carbons (Fsp3) is 0.0435. The Bertz CT molecular complexity index is 1290. The Morgan fingerprint density at radius 2 is 1.56 bits per heavy atom. The van der Waals surface area contributed by atoms with Crippen molar-refractivity contribution in [3.63, 3.8) is 0 Å². The maximum absolute atomic E-state index is 12.4. The number of carbonyl (C=O) groups excluding carboxylic acids is 1. The first-order valence-electron chi connectivity index (χ1n) is 9.61. The summed E-state index contributed by atoms with van der Waals surface area (Å²) in [7, 11) is -3.63. The molecule has 0 aliphatic heterocycles. The van der Waals surface area contributed by atoms with Crippen LogP contribution in [0.5, 0.6) is 0 Å². The number of aromatic nitrogens is 1. The molecule has 0 aliphatic rings. The van der Waals surface area contributed by atoms with E-state index in [1.54, 1.807) is 42.5 Å². The number of carbonyl (C=O) groups is 1. The van der Waals surface area contributed by atoms with Crippen molar-refractivity contribution in [2.24, 2.45) is 0 Å². The standard InChI is InChI=1S/C23H19N3O3S3/c27-22(25-23-24-21(15-31-23)17-7-3-1-4-8-17)16-30-19-13-11-18(12-14-19)26-32(28,29)20-9-5-2-6-10-20/h1-15,26H,16H2,(H,24,25,27). The lowest BCUT2D eigenvalue weighted by molar-refractivity contribution is -0.113. The molecule has 0 saturated heterocycles. The number of nitrogens with one attached hydrogen (secondary N) is 2. The lowest BCUT2D eigenvalue weighted by Gasteiger charge is -2.09. The number of hydrogen-bond donors (Lipinski definition) is 2. The van der Waals surface area contributed by atoms with Crippen molar-refractivity contribution < 1.29 is 13.2 Å². The second kappa shape index (κ2) is 9.99. The Hall–Kier alpha value is -3.14. The minimum Gasteiger partial charge on any atom is -0.301 e. The van der Waals surface area contributed by atoms with Crippen LogP contribution in [0.15, 0.2) is 100 Å². The van der Waals surface area contributed by atoms with Crippen LogP contribution in [0.1, 0.15) is 0 Å². The average Bonchev–Trinajstić information content (AvgIpc) is 3.28. The highest BCUT2D eigenvalue weighted by atomic mass is 32.2. The number of nitrogens with zero attached hydrogens (tertiary/aromatic N) is 1. The molecule has 0 fully saturated rings. The van der Waals surface area contributed by atoms with Gasteiger partial charge in [-0.1, -0.05) is 48.5 Å². The maximum Gasteiger partial charge on any atom is 0.261 e. The van der Waals surface area contributed by atoms with E-state index in [0.29, 0.717) is 10.8 Å². The van der Waals surface area contributed by atoms with Crippen molar-refractivity contribution in [2.75, 3.05) is 15.8 Å². The molecule has 4 aromatic rings. The van der Waals surface area contributed by atoms with Gasteiger partial charge in [0.15, 0.2) is 5.13 Å². The van der Waals surface area contributed by atoms with Crippen LogP contribution in [0.3, 0.4) is 0 Å². The van der Waals surface area contributed by atoms with Gasteiger partial charge >= 0.3 is 0 Å². The molecule has 32 heavy (non-hydrogen) atoms. The number of sulfonamides is 1. The van der Waals surface area contributed by atoms with E-state index in [4.69, 9.17) is 0 Å². The first-order chi connectivity index (χ1) is 15.5. The van der Waals surface area contributed by atoms with Gasteiger partial charge < -0.3 is 5.32 Å². The van der Waals surface area contributed by atoms with Gasteiger partial charge in [-0.3, -0.25) is 9.52 Å². The van der Waals surface area contributed by atoms with Gasteiger partial charge in [-0.2, -0.15) is 0 Å². The van der Waals surface area contributed by atoms with E-state index < -0.39 is 10.0 Å². The molecule has 0 aliphatic carbocycles. The second-order valence-corrected chi connectivity index (χ2v) is 10.3. The number of thiazole rings is 1. The first kappa shape index (κ1) is 22.1. The first-order valence-corrected chi connectivity index (χ1v) is 13.0. The fourth-order valence-electron chi connectivity index (χ4n) is 2.81. The summed E-state index contributed by atoms with van der Waals surface area (Å²) in [5.74, 6) is 0.0628. The molecule has 1 heterocycles. The zero-order valence-electron chi connectivity index (χ0n) is 16.8. The normalized spacial score (nSPS) is 11.1. The van der Waals surface area contributed by atoms with Crippen LogP contribution in [0, 0.1) is 0 Å². The van der Waals surface area contributed by atoms with Crippen molar-refractivity contribution in [3.8, 4) is 11.3 Å². The van der Waals surface area contributed by atoms with Crippen LogP contribution in [0.25, 0.3) is 11.3 Å². The Kier molecular flexibility index (Phi) is 6.89. The number of rotatable bonds is 8. The molecule has 1 aromatic heterocycles. The molecule has 3 aromatic carbocycles. The van der Waals surface area contributed by atoms with Gasteiger partial charge in [0, 0.05) is 21.5 Å². The summed E-state index contributed by atoms with van der Waals surface area (Å²) >= 11 is 2.74. The van der Waals surface area contributed by atoms with E-state index in [9.17, 15) is 13.2 Å². The Morgan fingerprint density at radius 3 is 2.25 bits per heavy atom. The van der Waals surface area contributed by atoms with Crippen molar-refractivity contribution in [2.45, 2.75) is 9.79 Å². The smallest absolute Gasteiger partial charge is 0.261 e. The summed E-state index contributed by atoms with van der Waals surface area (Å²) in [6, 6.07) is 24.9. The third kappa shape index (κ3) is 5.76. The van der Waals surface area contributed by atoms with E-state index in [1.165, 1.54) is 35.2 Å². The third-order valence-electron chi connectivity index (χ3n) is 4.35. The minimum atomic E-state index is -3.63. The molecular formula is C23H19N3O3S3. The molecule has 1 amide bonds. The SMILES string of the molecule is O=C(CSc1ccc(NS(=O)(=O)c2ccccc2)cc1)Nc1nc(-c2ccccc2)cs1. The Balaban J connectivity index is 1.30. The van der Waals surface area contributed by atoms with Gasteiger partial charge in [-0.05, 0) is 36.4 Å². The van der Waals surface area contributed by atoms with Crippen molar-refractivity contribution in [1.82, 2.24) is 4.98 Å². The van der Waals surface area contributed by atoms with Gasteiger partial charge in [0.25, 0.3) is 10.0 Å². The van der Waals surface area contributed by atoms with Gasteiger partial charge in [-0.15, -0.1) is 23.1 Å². The van der Waals surface area contributed by atoms with Crippen LogP contribution in [0.2, 0.25) is 0 Å². The summed E-state index contributed by atoms with van der Waals surface area (Å²) < 4.78 is 27.3. The Morgan fingerprint density at radius 1 is 0.906 bits per heavy atom. The molecule has 0 atom stereocenters. The Labute approximate surface area is 194 Å². The molecule has 4 rings (SSSR count). The van der Waals surface area contributed by atoms with Crippen molar-refractivity contribution >= 4 is 49.8 Å². The number of amides is 1. The topological polar surface area (TPSA) is 88.2 Å². The zero-order chi connectivity index (χ0) is 22.4. The minimum absolute atomic E-state index is 0.155. The highest BCUT2D eigenvalue weighted by Crippen LogP contribution is 2.26. The monoisotopic (exact) mass is 481 g/mol. The van der Waals surface area contributed by atoms with E-state index in [2.05, 4.69) is 15.0 Å². The molecule has 0 unspecified atom stereocenters. The summed E-state index contributed by atoms with van der Waals surface area (Å²) in [5, 5.41) is 5.28. The summed E-state index contributed by atoms with van der Waals surface area (Å²) in [6.45, 7) is 0. The molecule has 6 nitrogen and oxygen atoms in total. The quantitative estimate of drug-likeness (QED) is 0.332. The summed E-state index contributed by atoms with van der Waals surface area (Å²) in [5.41, 5.74) is 2.28. The van der Waals surface area contributed by atoms with Gasteiger partial charge in [-0.25, -0.2) is 13.4 Å². The zero-order valence-corrected chi connectivity index (χ0v) is 19.2. The highest BCUT2D eigenvalue weighted by molar-refractivity contribution is 8.00. The predicted molar refractivity (Wildman–Crippen MR) is 131 cm³/mol. The number of benzene rings is 3.